The van der Waals surface area contributed by atoms with Gasteiger partial charge < -0.3 is 10.1 Å². The van der Waals surface area contributed by atoms with Crippen molar-refractivity contribution in [2.75, 3.05) is 19.7 Å². The van der Waals surface area contributed by atoms with Crippen LogP contribution < -0.4 is 10.1 Å². The highest BCUT2D eigenvalue weighted by Crippen LogP contribution is 2.18. The summed E-state index contributed by atoms with van der Waals surface area (Å²) in [5, 5.41) is 2.17. The maximum atomic E-state index is 5.72. The summed E-state index contributed by atoms with van der Waals surface area (Å²) in [4.78, 5) is 0. The van der Waals surface area contributed by atoms with Crippen molar-refractivity contribution in [1.82, 2.24) is 0 Å². The number of ether oxygens (including phenoxy) is 1. The monoisotopic (exact) mass is 218 g/mol. The third-order valence-corrected chi connectivity index (χ3v) is 2.25. The molecular formula is C14H20NO+. The van der Waals surface area contributed by atoms with E-state index in [0.29, 0.717) is 0 Å². The molecule has 1 aromatic carbocycles. The third-order valence-electron chi connectivity index (χ3n) is 2.25. The molecule has 2 N–H and O–H groups in total. The number of rotatable bonds is 8. The molecule has 0 fully saturated rings. The zero-order valence-corrected chi connectivity index (χ0v) is 9.69. The van der Waals surface area contributed by atoms with Gasteiger partial charge in [-0.1, -0.05) is 30.9 Å². The average Bonchev–Trinajstić information content (AvgIpc) is 2.31. The van der Waals surface area contributed by atoms with Crippen molar-refractivity contribution < 1.29 is 10.1 Å². The number of para-hydroxylation sites is 1. The molecule has 0 aromatic heterocycles. The average molecular weight is 218 g/mol. The van der Waals surface area contributed by atoms with Crippen LogP contribution in [0, 0.1) is 0 Å². The first-order valence-corrected chi connectivity index (χ1v) is 5.62. The highest BCUT2D eigenvalue weighted by molar-refractivity contribution is 5.34. The molecule has 2 nitrogen and oxygen atoms in total. The Morgan fingerprint density at radius 1 is 1.19 bits per heavy atom. The number of nitrogens with two attached hydrogens (primary N) is 1. The first kappa shape index (κ1) is 12.5. The van der Waals surface area contributed by atoms with E-state index in [-0.39, 0.29) is 0 Å². The fraction of sp³-hybridized carbons (Fsp3) is 0.286. The van der Waals surface area contributed by atoms with E-state index in [1.165, 1.54) is 5.56 Å². The van der Waals surface area contributed by atoms with Gasteiger partial charge in [-0.2, -0.15) is 0 Å². The number of quaternary nitrogens is 1. The van der Waals surface area contributed by atoms with Crippen LogP contribution in [-0.4, -0.2) is 19.7 Å². The van der Waals surface area contributed by atoms with Crippen molar-refractivity contribution in [2.24, 2.45) is 0 Å². The van der Waals surface area contributed by atoms with Gasteiger partial charge in [-0.25, -0.2) is 0 Å². The maximum Gasteiger partial charge on any atom is 0.137 e. The predicted molar refractivity (Wildman–Crippen MR) is 67.7 cm³/mol. The summed E-state index contributed by atoms with van der Waals surface area (Å²) in [6.45, 7) is 10.0. The normalized spacial score (nSPS) is 9.75. The van der Waals surface area contributed by atoms with E-state index < -0.39 is 0 Å². The van der Waals surface area contributed by atoms with Crippen molar-refractivity contribution in [3.8, 4) is 5.75 Å². The lowest BCUT2D eigenvalue weighted by atomic mass is 10.1. The van der Waals surface area contributed by atoms with Gasteiger partial charge in [0.05, 0.1) is 6.54 Å². The Morgan fingerprint density at radius 3 is 2.75 bits per heavy atom. The topological polar surface area (TPSA) is 25.8 Å². The van der Waals surface area contributed by atoms with Crippen LogP contribution in [0.4, 0.5) is 0 Å². The molecule has 0 aliphatic carbocycles. The van der Waals surface area contributed by atoms with E-state index in [9.17, 15) is 0 Å². The third kappa shape index (κ3) is 4.32. The molecule has 1 rings (SSSR count). The molecule has 0 saturated carbocycles. The van der Waals surface area contributed by atoms with E-state index in [4.69, 9.17) is 4.74 Å². The molecular weight excluding hydrogens is 198 g/mol. The molecule has 0 aliphatic heterocycles. The number of allylic oxidation sites excluding steroid dienone is 1. The second-order valence-corrected chi connectivity index (χ2v) is 3.55. The molecule has 0 atom stereocenters. The first-order valence-electron chi connectivity index (χ1n) is 5.62. The first-order chi connectivity index (χ1) is 7.88. The molecule has 16 heavy (non-hydrogen) atoms. The molecule has 0 bridgehead atoms. The van der Waals surface area contributed by atoms with Crippen LogP contribution in [0.2, 0.25) is 0 Å². The number of hydrogen-bond acceptors (Lipinski definition) is 1. The minimum atomic E-state index is 0.724. The van der Waals surface area contributed by atoms with Crippen LogP contribution >= 0.6 is 0 Å². The van der Waals surface area contributed by atoms with Crippen molar-refractivity contribution in [1.29, 1.82) is 0 Å². The molecule has 0 unspecified atom stereocenters. The van der Waals surface area contributed by atoms with Gasteiger partial charge in [-0.3, -0.25) is 0 Å². The fourth-order valence-electron chi connectivity index (χ4n) is 1.46. The summed E-state index contributed by atoms with van der Waals surface area (Å²) >= 11 is 0. The van der Waals surface area contributed by atoms with Crippen molar-refractivity contribution in [3.05, 3.63) is 55.1 Å². The summed E-state index contributed by atoms with van der Waals surface area (Å²) in [6.07, 6.45) is 4.64. The van der Waals surface area contributed by atoms with E-state index in [1.54, 1.807) is 0 Å². The van der Waals surface area contributed by atoms with E-state index >= 15 is 0 Å². The van der Waals surface area contributed by atoms with Gasteiger partial charge in [-0.05, 0) is 24.1 Å². The standard InChI is InChI=1S/C14H19NO/c1-3-7-13-8-5-6-9-14(13)16-12-11-15-10-4-2/h3-6,8-9,15H,1-2,7,10-12H2/p+1. The lowest BCUT2D eigenvalue weighted by Crippen LogP contribution is -2.85. The minimum Gasteiger partial charge on any atom is -0.487 e. The van der Waals surface area contributed by atoms with Crippen LogP contribution in [0.15, 0.2) is 49.6 Å². The number of benzene rings is 1. The second-order valence-electron chi connectivity index (χ2n) is 3.55. The summed E-state index contributed by atoms with van der Waals surface area (Å²) in [7, 11) is 0. The van der Waals surface area contributed by atoms with Crippen LogP contribution in [-0.2, 0) is 6.42 Å². The van der Waals surface area contributed by atoms with Gasteiger partial charge in [0, 0.05) is 0 Å². The van der Waals surface area contributed by atoms with Crippen LogP contribution in [0.5, 0.6) is 5.75 Å². The zero-order valence-electron chi connectivity index (χ0n) is 9.69. The van der Waals surface area contributed by atoms with Gasteiger partial charge in [-0.15, -0.1) is 6.58 Å². The van der Waals surface area contributed by atoms with Crippen molar-refractivity contribution >= 4 is 0 Å². The predicted octanol–water partition coefficient (Wildman–Crippen LogP) is 1.54. The Labute approximate surface area is 97.6 Å². The molecule has 0 amide bonds. The van der Waals surface area contributed by atoms with E-state index in [1.807, 2.05) is 30.4 Å². The van der Waals surface area contributed by atoms with E-state index in [2.05, 4.69) is 24.5 Å². The Balaban J connectivity index is 2.39. The summed E-state index contributed by atoms with van der Waals surface area (Å²) in [6, 6.07) is 8.10. The van der Waals surface area contributed by atoms with Crippen LogP contribution in [0.25, 0.3) is 0 Å². The molecule has 2 heteroatoms. The lowest BCUT2D eigenvalue weighted by Gasteiger charge is -2.09. The Kier molecular flexibility index (Phi) is 6.04. The molecule has 1 aromatic rings. The highest BCUT2D eigenvalue weighted by Gasteiger charge is 2.00. The Hall–Kier alpha value is -1.54. The molecule has 0 spiro atoms. The van der Waals surface area contributed by atoms with Crippen molar-refractivity contribution in [2.45, 2.75) is 6.42 Å². The summed E-state index contributed by atoms with van der Waals surface area (Å²) < 4.78 is 5.72. The number of hydrogen-bond donors (Lipinski definition) is 1. The van der Waals surface area contributed by atoms with Crippen LogP contribution in [0.3, 0.4) is 0 Å². The molecule has 0 saturated heterocycles. The Bertz CT molecular complexity index is 333. The highest BCUT2D eigenvalue weighted by atomic mass is 16.5. The zero-order chi connectivity index (χ0) is 11.6. The van der Waals surface area contributed by atoms with E-state index in [0.717, 1.165) is 31.9 Å². The minimum absolute atomic E-state index is 0.724. The maximum absolute atomic E-state index is 5.72. The van der Waals surface area contributed by atoms with Crippen LogP contribution in [0.1, 0.15) is 5.56 Å². The SMILES string of the molecule is C=CC[NH2+]CCOc1ccccc1CC=C. The molecule has 0 radical (unpaired) electrons. The molecule has 86 valence electrons. The fourth-order valence-corrected chi connectivity index (χ4v) is 1.46. The quantitative estimate of drug-likeness (QED) is 0.520. The van der Waals surface area contributed by atoms with Gasteiger partial charge >= 0.3 is 0 Å². The molecule has 0 aliphatic rings. The van der Waals surface area contributed by atoms with Gasteiger partial charge in [0.1, 0.15) is 18.9 Å². The smallest absolute Gasteiger partial charge is 0.137 e. The second kappa shape index (κ2) is 7.71. The molecule has 0 heterocycles. The Morgan fingerprint density at radius 2 is 2.00 bits per heavy atom. The summed E-state index contributed by atoms with van der Waals surface area (Å²) in [5.74, 6) is 0.967. The largest absolute Gasteiger partial charge is 0.487 e. The lowest BCUT2D eigenvalue weighted by molar-refractivity contribution is -0.646. The van der Waals surface area contributed by atoms with Gasteiger partial charge in [0.25, 0.3) is 0 Å². The van der Waals surface area contributed by atoms with Gasteiger partial charge in [0.2, 0.25) is 0 Å². The van der Waals surface area contributed by atoms with Gasteiger partial charge in [0.15, 0.2) is 0 Å². The van der Waals surface area contributed by atoms with Crippen molar-refractivity contribution in [3.63, 3.8) is 0 Å². The summed E-state index contributed by atoms with van der Waals surface area (Å²) in [5.41, 5.74) is 1.20.